The fourth-order valence-electron chi connectivity index (χ4n) is 3.00. The number of amides is 1. The maximum atomic E-state index is 12.6. The summed E-state index contributed by atoms with van der Waals surface area (Å²) < 4.78 is 11.2. The third-order valence-electron chi connectivity index (χ3n) is 4.97. The quantitative estimate of drug-likeness (QED) is 0.307. The number of benzene rings is 2. The second-order valence-corrected chi connectivity index (χ2v) is 7.19. The number of hydrogen-bond donors (Lipinski definition) is 1. The maximum absolute atomic E-state index is 12.6. The van der Waals surface area contributed by atoms with E-state index in [4.69, 9.17) is 9.47 Å². The van der Waals surface area contributed by atoms with Crippen LogP contribution in [0.5, 0.6) is 11.5 Å². The van der Waals surface area contributed by atoms with E-state index in [1.807, 2.05) is 50.2 Å². The minimum Gasteiger partial charge on any atom is -0.493 e. The van der Waals surface area contributed by atoms with Crippen LogP contribution in [0.25, 0.3) is 6.08 Å². The molecule has 0 aliphatic rings. The van der Waals surface area contributed by atoms with Gasteiger partial charge in [0, 0.05) is 5.69 Å². The van der Waals surface area contributed by atoms with Gasteiger partial charge in [-0.05, 0) is 61.2 Å². The standard InChI is InChI=1S/C25H30N2O3/c1-5-6-7-8-14-30-23-13-12-20(16-24(23)29-4)15-21(17-26)25(28)27-22-11-9-10-18(2)19(22)3/h9-13,15-16H,5-8,14H2,1-4H3,(H,27,28)/b21-15-. The number of aryl methyl sites for hydroxylation is 1. The first-order valence-electron chi connectivity index (χ1n) is 10.3. The first kappa shape index (κ1) is 23.0. The molecule has 5 nitrogen and oxygen atoms in total. The molecular formula is C25H30N2O3. The Morgan fingerprint density at radius 1 is 1.13 bits per heavy atom. The van der Waals surface area contributed by atoms with Gasteiger partial charge >= 0.3 is 0 Å². The fourth-order valence-corrected chi connectivity index (χ4v) is 3.00. The number of unbranched alkanes of at least 4 members (excludes halogenated alkanes) is 3. The molecule has 2 aromatic carbocycles. The Balaban J connectivity index is 2.13. The van der Waals surface area contributed by atoms with Crippen LogP contribution in [0.1, 0.15) is 49.3 Å². The molecule has 5 heteroatoms. The zero-order chi connectivity index (χ0) is 21.9. The number of nitrogens with one attached hydrogen (secondary N) is 1. The van der Waals surface area contributed by atoms with Gasteiger partial charge in [0.25, 0.3) is 5.91 Å². The number of carbonyl (C=O) groups excluding carboxylic acids is 1. The van der Waals surface area contributed by atoms with Crippen LogP contribution in [0.2, 0.25) is 0 Å². The Labute approximate surface area is 179 Å². The monoisotopic (exact) mass is 406 g/mol. The molecule has 0 heterocycles. The SMILES string of the molecule is CCCCCCOc1ccc(/C=C(/C#N)C(=O)Nc2cccc(C)c2C)cc1OC. The summed E-state index contributed by atoms with van der Waals surface area (Å²) in [6, 6.07) is 13.1. The Bertz CT molecular complexity index is 942. The molecule has 0 aromatic heterocycles. The molecule has 0 aliphatic carbocycles. The summed E-state index contributed by atoms with van der Waals surface area (Å²) in [6.07, 6.45) is 6.07. The summed E-state index contributed by atoms with van der Waals surface area (Å²) in [5.74, 6) is 0.789. The molecule has 1 amide bonds. The van der Waals surface area contributed by atoms with E-state index in [0.717, 1.165) is 24.0 Å². The van der Waals surface area contributed by atoms with Crippen LogP contribution in [0.3, 0.4) is 0 Å². The summed E-state index contributed by atoms with van der Waals surface area (Å²) in [6.45, 7) is 6.72. The lowest BCUT2D eigenvalue weighted by Gasteiger charge is -2.12. The second kappa shape index (κ2) is 11.7. The van der Waals surface area contributed by atoms with Crippen molar-refractivity contribution >= 4 is 17.7 Å². The molecule has 0 unspecified atom stereocenters. The third-order valence-corrected chi connectivity index (χ3v) is 4.97. The molecule has 0 fully saturated rings. The van der Waals surface area contributed by atoms with Crippen molar-refractivity contribution in [2.45, 2.75) is 46.5 Å². The summed E-state index contributed by atoms with van der Waals surface area (Å²) in [4.78, 5) is 12.6. The van der Waals surface area contributed by atoms with E-state index in [-0.39, 0.29) is 5.57 Å². The van der Waals surface area contributed by atoms with Gasteiger partial charge in [-0.25, -0.2) is 0 Å². The van der Waals surface area contributed by atoms with E-state index in [9.17, 15) is 10.1 Å². The first-order chi connectivity index (χ1) is 14.5. The molecule has 158 valence electrons. The number of hydrogen-bond acceptors (Lipinski definition) is 4. The van der Waals surface area contributed by atoms with Gasteiger partial charge in [0.05, 0.1) is 13.7 Å². The van der Waals surface area contributed by atoms with Crippen LogP contribution in [-0.4, -0.2) is 19.6 Å². The number of nitrogens with zero attached hydrogens (tertiary/aromatic N) is 1. The smallest absolute Gasteiger partial charge is 0.266 e. The van der Waals surface area contributed by atoms with Gasteiger partial charge in [-0.1, -0.05) is 44.4 Å². The number of methoxy groups -OCH3 is 1. The van der Waals surface area contributed by atoms with Crippen LogP contribution in [-0.2, 0) is 4.79 Å². The minimum atomic E-state index is -0.443. The number of anilines is 1. The summed E-state index contributed by atoms with van der Waals surface area (Å²) in [5.41, 5.74) is 3.46. The molecule has 0 saturated carbocycles. The second-order valence-electron chi connectivity index (χ2n) is 7.19. The van der Waals surface area contributed by atoms with Crippen molar-refractivity contribution in [3.8, 4) is 17.6 Å². The van der Waals surface area contributed by atoms with E-state index in [0.29, 0.717) is 29.4 Å². The zero-order valence-electron chi connectivity index (χ0n) is 18.2. The van der Waals surface area contributed by atoms with Crippen molar-refractivity contribution in [2.75, 3.05) is 19.0 Å². The van der Waals surface area contributed by atoms with Crippen molar-refractivity contribution in [1.29, 1.82) is 5.26 Å². The zero-order valence-corrected chi connectivity index (χ0v) is 18.2. The highest BCUT2D eigenvalue weighted by atomic mass is 16.5. The van der Waals surface area contributed by atoms with Crippen molar-refractivity contribution in [1.82, 2.24) is 0 Å². The molecular weight excluding hydrogens is 376 g/mol. The highest BCUT2D eigenvalue weighted by Gasteiger charge is 2.12. The van der Waals surface area contributed by atoms with Gasteiger partial charge in [0.1, 0.15) is 11.6 Å². The van der Waals surface area contributed by atoms with E-state index in [1.165, 1.54) is 12.8 Å². The van der Waals surface area contributed by atoms with Crippen LogP contribution in [0.4, 0.5) is 5.69 Å². The average molecular weight is 407 g/mol. The topological polar surface area (TPSA) is 71.3 Å². The lowest BCUT2D eigenvalue weighted by molar-refractivity contribution is -0.112. The molecule has 30 heavy (non-hydrogen) atoms. The van der Waals surface area contributed by atoms with Crippen molar-refractivity contribution in [3.63, 3.8) is 0 Å². The van der Waals surface area contributed by atoms with Gasteiger partial charge in [0.2, 0.25) is 0 Å². The lowest BCUT2D eigenvalue weighted by Crippen LogP contribution is -2.14. The molecule has 0 bridgehead atoms. The molecule has 0 aliphatic heterocycles. The molecule has 2 rings (SSSR count). The van der Waals surface area contributed by atoms with E-state index in [1.54, 1.807) is 19.3 Å². The predicted molar refractivity (Wildman–Crippen MR) is 121 cm³/mol. The number of carbonyl (C=O) groups is 1. The molecule has 1 N–H and O–H groups in total. The number of rotatable bonds is 10. The van der Waals surface area contributed by atoms with Crippen molar-refractivity contribution in [2.24, 2.45) is 0 Å². The lowest BCUT2D eigenvalue weighted by atomic mass is 10.1. The molecule has 0 atom stereocenters. The van der Waals surface area contributed by atoms with Gasteiger partial charge in [0.15, 0.2) is 11.5 Å². The number of ether oxygens (including phenoxy) is 2. The van der Waals surface area contributed by atoms with Gasteiger partial charge in [-0.15, -0.1) is 0 Å². The fraction of sp³-hybridized carbons (Fsp3) is 0.360. The van der Waals surface area contributed by atoms with Crippen LogP contribution in [0, 0.1) is 25.2 Å². The highest BCUT2D eigenvalue weighted by Crippen LogP contribution is 2.29. The normalized spacial score (nSPS) is 11.0. The Morgan fingerprint density at radius 3 is 2.63 bits per heavy atom. The number of nitriles is 1. The first-order valence-corrected chi connectivity index (χ1v) is 10.3. The van der Waals surface area contributed by atoms with Gasteiger partial charge in [-0.3, -0.25) is 4.79 Å². The summed E-state index contributed by atoms with van der Waals surface area (Å²) >= 11 is 0. The van der Waals surface area contributed by atoms with Crippen LogP contribution in [0.15, 0.2) is 42.0 Å². The van der Waals surface area contributed by atoms with Crippen LogP contribution < -0.4 is 14.8 Å². The van der Waals surface area contributed by atoms with Crippen LogP contribution >= 0.6 is 0 Å². The predicted octanol–water partition coefficient (Wildman–Crippen LogP) is 5.82. The molecule has 0 saturated heterocycles. The average Bonchev–Trinajstić information content (AvgIpc) is 2.75. The van der Waals surface area contributed by atoms with E-state index in [2.05, 4.69) is 12.2 Å². The minimum absolute atomic E-state index is 0.0196. The van der Waals surface area contributed by atoms with Gasteiger partial charge in [-0.2, -0.15) is 5.26 Å². The van der Waals surface area contributed by atoms with Crippen molar-refractivity contribution < 1.29 is 14.3 Å². The molecule has 0 radical (unpaired) electrons. The Kier molecular flexibility index (Phi) is 8.96. The van der Waals surface area contributed by atoms with E-state index >= 15 is 0 Å². The largest absolute Gasteiger partial charge is 0.493 e. The van der Waals surface area contributed by atoms with E-state index < -0.39 is 5.91 Å². The maximum Gasteiger partial charge on any atom is 0.266 e. The summed E-state index contributed by atoms with van der Waals surface area (Å²) in [7, 11) is 1.57. The van der Waals surface area contributed by atoms with Crippen molar-refractivity contribution in [3.05, 3.63) is 58.7 Å². The van der Waals surface area contributed by atoms with Gasteiger partial charge < -0.3 is 14.8 Å². The Hall–Kier alpha value is -3.26. The molecule has 0 spiro atoms. The highest BCUT2D eigenvalue weighted by molar-refractivity contribution is 6.10. The molecule has 2 aromatic rings. The third kappa shape index (κ3) is 6.38. The Morgan fingerprint density at radius 2 is 1.93 bits per heavy atom. The summed E-state index contributed by atoms with van der Waals surface area (Å²) in [5, 5.41) is 12.3.